The van der Waals surface area contributed by atoms with Crippen LogP contribution in [0.3, 0.4) is 0 Å². The van der Waals surface area contributed by atoms with Crippen molar-refractivity contribution in [3.05, 3.63) is 35.1 Å². The summed E-state index contributed by atoms with van der Waals surface area (Å²) < 4.78 is 36.8. The van der Waals surface area contributed by atoms with Gasteiger partial charge in [-0.1, -0.05) is 13.0 Å². The number of guanidine groups is 1. The Kier molecular flexibility index (Phi) is 9.92. The summed E-state index contributed by atoms with van der Waals surface area (Å²) in [6, 6.07) is 4.15. The summed E-state index contributed by atoms with van der Waals surface area (Å²) in [6.07, 6.45) is 2.31. The Balaban J connectivity index is 2.76. The molecule has 1 atom stereocenters. The molecule has 0 saturated carbocycles. The van der Waals surface area contributed by atoms with Crippen molar-refractivity contribution in [2.45, 2.75) is 52.0 Å². The summed E-state index contributed by atoms with van der Waals surface area (Å²) in [7, 11) is -3.24. The van der Waals surface area contributed by atoms with Crippen molar-refractivity contribution in [2.75, 3.05) is 19.3 Å². The number of rotatable bonds is 10. The van der Waals surface area contributed by atoms with Gasteiger partial charge in [0.1, 0.15) is 5.82 Å². The number of aliphatic imine (C=N–C) groups is 1. The second-order valence-electron chi connectivity index (χ2n) is 6.73. The number of benzene rings is 1. The molecule has 158 valence electrons. The Bertz CT molecular complexity index is 781. The molecular formula is C19H31FN4O3S. The van der Waals surface area contributed by atoms with E-state index < -0.39 is 15.7 Å². The van der Waals surface area contributed by atoms with E-state index in [4.69, 9.17) is 0 Å². The van der Waals surface area contributed by atoms with E-state index in [1.807, 2.05) is 20.8 Å². The van der Waals surface area contributed by atoms with Crippen LogP contribution in [0.2, 0.25) is 0 Å². The Morgan fingerprint density at radius 1 is 1.21 bits per heavy atom. The molecule has 0 spiro atoms. The molecule has 0 radical (unpaired) electrons. The summed E-state index contributed by atoms with van der Waals surface area (Å²) in [5.74, 6) is -0.175. The minimum atomic E-state index is -3.24. The quantitative estimate of drug-likeness (QED) is 0.400. The summed E-state index contributed by atoms with van der Waals surface area (Å²) in [5.41, 5.74) is 1.04. The highest BCUT2D eigenvalue weighted by molar-refractivity contribution is 7.89. The van der Waals surface area contributed by atoms with Gasteiger partial charge in [-0.2, -0.15) is 0 Å². The SMILES string of the molecule is CCNC(=NCc1cc(F)ccc1CS(C)(=O)=O)NCCC(=O)NC(C)CC. The van der Waals surface area contributed by atoms with Crippen LogP contribution in [0.15, 0.2) is 23.2 Å². The fourth-order valence-electron chi connectivity index (χ4n) is 2.41. The molecule has 7 nitrogen and oxygen atoms in total. The zero-order chi connectivity index (χ0) is 21.2. The number of carbonyl (C=O) groups excluding carboxylic acids is 1. The van der Waals surface area contributed by atoms with Gasteiger partial charge >= 0.3 is 0 Å². The van der Waals surface area contributed by atoms with Crippen molar-refractivity contribution >= 4 is 21.7 Å². The third-order valence-corrected chi connectivity index (χ3v) is 4.84. The number of hydrogen-bond donors (Lipinski definition) is 3. The molecule has 9 heteroatoms. The molecule has 1 aromatic carbocycles. The van der Waals surface area contributed by atoms with Crippen molar-refractivity contribution in [3.8, 4) is 0 Å². The van der Waals surface area contributed by atoms with Gasteiger partial charge in [0, 0.05) is 31.8 Å². The molecule has 0 aliphatic heterocycles. The van der Waals surface area contributed by atoms with Crippen LogP contribution >= 0.6 is 0 Å². The van der Waals surface area contributed by atoms with E-state index >= 15 is 0 Å². The van der Waals surface area contributed by atoms with Crippen LogP contribution in [0, 0.1) is 5.82 Å². The lowest BCUT2D eigenvalue weighted by atomic mass is 10.1. The molecular weight excluding hydrogens is 383 g/mol. The molecule has 0 saturated heterocycles. The van der Waals surface area contributed by atoms with Gasteiger partial charge < -0.3 is 16.0 Å². The van der Waals surface area contributed by atoms with Crippen LogP contribution in [0.25, 0.3) is 0 Å². The Labute approximate surface area is 167 Å². The largest absolute Gasteiger partial charge is 0.357 e. The van der Waals surface area contributed by atoms with Crippen molar-refractivity contribution < 1.29 is 17.6 Å². The monoisotopic (exact) mass is 414 g/mol. The van der Waals surface area contributed by atoms with Crippen LogP contribution in [0.5, 0.6) is 0 Å². The summed E-state index contributed by atoms with van der Waals surface area (Å²) in [4.78, 5) is 16.2. The molecule has 28 heavy (non-hydrogen) atoms. The lowest BCUT2D eigenvalue weighted by molar-refractivity contribution is -0.121. The molecule has 0 fully saturated rings. The highest BCUT2D eigenvalue weighted by Crippen LogP contribution is 2.15. The van der Waals surface area contributed by atoms with Crippen molar-refractivity contribution in [1.82, 2.24) is 16.0 Å². The maximum Gasteiger partial charge on any atom is 0.221 e. The number of sulfone groups is 1. The van der Waals surface area contributed by atoms with Gasteiger partial charge in [-0.3, -0.25) is 4.79 Å². The number of nitrogens with one attached hydrogen (secondary N) is 3. The standard InChI is InChI=1S/C19H31FN4O3S/c1-5-14(3)24-18(25)9-10-22-19(21-6-2)23-12-16-11-17(20)8-7-15(16)13-28(4,26)27/h7-8,11,14H,5-6,9-10,12-13H2,1-4H3,(H,24,25)(H2,21,22,23). The van der Waals surface area contributed by atoms with E-state index in [-0.39, 0.29) is 24.2 Å². The summed E-state index contributed by atoms with van der Waals surface area (Å²) in [6.45, 7) is 6.99. The minimum Gasteiger partial charge on any atom is -0.357 e. The van der Waals surface area contributed by atoms with E-state index in [1.165, 1.54) is 18.2 Å². The average Bonchev–Trinajstić information content (AvgIpc) is 2.60. The van der Waals surface area contributed by atoms with Crippen LogP contribution < -0.4 is 16.0 Å². The van der Waals surface area contributed by atoms with E-state index in [0.29, 0.717) is 36.6 Å². The van der Waals surface area contributed by atoms with Gasteiger partial charge in [-0.05, 0) is 43.5 Å². The highest BCUT2D eigenvalue weighted by atomic mass is 32.2. The maximum atomic E-state index is 13.6. The fraction of sp³-hybridized carbons (Fsp3) is 0.579. The Hall–Kier alpha value is -2.16. The first kappa shape index (κ1) is 23.9. The molecule has 0 heterocycles. The minimum absolute atomic E-state index is 0.0433. The van der Waals surface area contributed by atoms with Gasteiger partial charge in [0.25, 0.3) is 0 Å². The maximum absolute atomic E-state index is 13.6. The lowest BCUT2D eigenvalue weighted by Gasteiger charge is -2.14. The van der Waals surface area contributed by atoms with Crippen molar-refractivity contribution in [2.24, 2.45) is 4.99 Å². The molecule has 1 aromatic rings. The Morgan fingerprint density at radius 3 is 2.54 bits per heavy atom. The first-order chi connectivity index (χ1) is 13.1. The van der Waals surface area contributed by atoms with Gasteiger partial charge in [0.2, 0.25) is 5.91 Å². The van der Waals surface area contributed by atoms with Gasteiger partial charge in [0.05, 0.1) is 12.3 Å². The zero-order valence-electron chi connectivity index (χ0n) is 17.0. The predicted octanol–water partition coefficient (Wildman–Crippen LogP) is 1.73. The molecule has 0 aliphatic rings. The van der Waals surface area contributed by atoms with E-state index in [0.717, 1.165) is 12.7 Å². The molecule has 1 amide bonds. The second-order valence-corrected chi connectivity index (χ2v) is 8.87. The van der Waals surface area contributed by atoms with E-state index in [9.17, 15) is 17.6 Å². The zero-order valence-corrected chi connectivity index (χ0v) is 17.8. The van der Waals surface area contributed by atoms with Crippen LogP contribution in [-0.4, -0.2) is 45.7 Å². The second kappa shape index (κ2) is 11.6. The topological polar surface area (TPSA) is 99.7 Å². The molecule has 0 aliphatic carbocycles. The Morgan fingerprint density at radius 2 is 1.93 bits per heavy atom. The van der Waals surface area contributed by atoms with E-state index in [2.05, 4.69) is 20.9 Å². The number of amides is 1. The van der Waals surface area contributed by atoms with Crippen LogP contribution in [-0.2, 0) is 26.9 Å². The number of nitrogens with zero attached hydrogens (tertiary/aromatic N) is 1. The highest BCUT2D eigenvalue weighted by Gasteiger charge is 2.11. The van der Waals surface area contributed by atoms with Gasteiger partial charge in [0.15, 0.2) is 15.8 Å². The van der Waals surface area contributed by atoms with Crippen molar-refractivity contribution in [1.29, 1.82) is 0 Å². The molecule has 0 bridgehead atoms. The lowest BCUT2D eigenvalue weighted by Crippen LogP contribution is -2.40. The first-order valence-corrected chi connectivity index (χ1v) is 11.5. The number of halogens is 1. The summed E-state index contributed by atoms with van der Waals surface area (Å²) >= 11 is 0. The number of carbonyl (C=O) groups is 1. The average molecular weight is 415 g/mol. The summed E-state index contributed by atoms with van der Waals surface area (Å²) in [5, 5.41) is 9.01. The normalized spacial score (nSPS) is 13.1. The molecule has 0 aromatic heterocycles. The van der Waals surface area contributed by atoms with Crippen LogP contribution in [0.4, 0.5) is 4.39 Å². The fourth-order valence-corrected chi connectivity index (χ4v) is 3.26. The van der Waals surface area contributed by atoms with E-state index in [1.54, 1.807) is 0 Å². The third-order valence-electron chi connectivity index (χ3n) is 4.00. The van der Waals surface area contributed by atoms with Crippen LogP contribution in [0.1, 0.15) is 44.7 Å². The first-order valence-electron chi connectivity index (χ1n) is 9.41. The predicted molar refractivity (Wildman–Crippen MR) is 110 cm³/mol. The van der Waals surface area contributed by atoms with Gasteiger partial charge in [-0.25, -0.2) is 17.8 Å². The van der Waals surface area contributed by atoms with Gasteiger partial charge in [-0.15, -0.1) is 0 Å². The third kappa shape index (κ3) is 9.68. The van der Waals surface area contributed by atoms with Crippen molar-refractivity contribution in [3.63, 3.8) is 0 Å². The molecule has 1 unspecified atom stereocenters. The smallest absolute Gasteiger partial charge is 0.221 e. The molecule has 3 N–H and O–H groups in total. The number of hydrogen-bond acceptors (Lipinski definition) is 4. The molecule has 1 rings (SSSR count).